The van der Waals surface area contributed by atoms with Crippen molar-refractivity contribution < 1.29 is 9.59 Å². The predicted octanol–water partition coefficient (Wildman–Crippen LogP) is 0.955. The lowest BCUT2D eigenvalue weighted by atomic mass is 10.2. The SMILES string of the molecule is CNCCCCN1C(=O)CN(NCc2ccccc2)C1=O. The second-order valence-electron chi connectivity index (χ2n) is 5.05. The molecule has 0 spiro atoms. The van der Waals surface area contributed by atoms with Crippen molar-refractivity contribution in [2.24, 2.45) is 0 Å². The second kappa shape index (κ2) is 7.75. The Morgan fingerprint density at radius 3 is 2.62 bits per heavy atom. The number of carbonyl (C=O) groups excluding carboxylic acids is 2. The lowest BCUT2D eigenvalue weighted by Gasteiger charge is -2.18. The van der Waals surface area contributed by atoms with Crippen LogP contribution in [-0.4, -0.2) is 48.5 Å². The molecule has 1 fully saturated rings. The topological polar surface area (TPSA) is 64.7 Å². The zero-order valence-electron chi connectivity index (χ0n) is 12.3. The number of carbonyl (C=O) groups is 2. The van der Waals surface area contributed by atoms with Crippen LogP contribution in [0.15, 0.2) is 30.3 Å². The third-order valence-electron chi connectivity index (χ3n) is 3.43. The van der Waals surface area contributed by atoms with E-state index in [1.165, 1.54) is 9.91 Å². The molecule has 6 nitrogen and oxygen atoms in total. The molecule has 2 rings (SSSR count). The lowest BCUT2D eigenvalue weighted by molar-refractivity contribution is -0.125. The van der Waals surface area contributed by atoms with Crippen LogP contribution in [0.4, 0.5) is 4.79 Å². The molecule has 1 saturated heterocycles. The zero-order chi connectivity index (χ0) is 15.1. The van der Waals surface area contributed by atoms with Crippen LogP contribution in [0.25, 0.3) is 0 Å². The summed E-state index contributed by atoms with van der Waals surface area (Å²) >= 11 is 0. The van der Waals surface area contributed by atoms with E-state index < -0.39 is 0 Å². The Kier molecular flexibility index (Phi) is 5.71. The number of urea groups is 1. The molecule has 3 amide bonds. The van der Waals surface area contributed by atoms with Crippen molar-refractivity contribution in [3.63, 3.8) is 0 Å². The number of unbranched alkanes of at least 4 members (excludes halogenated alkanes) is 1. The van der Waals surface area contributed by atoms with Crippen molar-refractivity contribution in [2.75, 3.05) is 26.7 Å². The summed E-state index contributed by atoms with van der Waals surface area (Å²) in [6, 6.07) is 9.54. The van der Waals surface area contributed by atoms with Crippen LogP contribution < -0.4 is 10.7 Å². The standard InChI is InChI=1S/C15H22N4O2/c1-16-9-5-6-10-18-14(20)12-19(15(18)21)17-11-13-7-3-2-4-8-13/h2-4,7-8,16-17H,5-6,9-12H2,1H3. The first kappa shape index (κ1) is 15.5. The molecule has 2 N–H and O–H groups in total. The highest BCUT2D eigenvalue weighted by atomic mass is 16.2. The fourth-order valence-electron chi connectivity index (χ4n) is 2.24. The van der Waals surface area contributed by atoms with Crippen molar-refractivity contribution in [1.82, 2.24) is 20.7 Å². The van der Waals surface area contributed by atoms with Gasteiger partial charge in [0.25, 0.3) is 5.91 Å². The van der Waals surface area contributed by atoms with Crippen molar-refractivity contribution in [3.05, 3.63) is 35.9 Å². The maximum atomic E-state index is 12.2. The highest BCUT2D eigenvalue weighted by Crippen LogP contribution is 2.10. The number of imide groups is 1. The summed E-state index contributed by atoms with van der Waals surface area (Å²) in [6.07, 6.45) is 1.77. The minimum atomic E-state index is -0.250. The average Bonchev–Trinajstić information content (AvgIpc) is 2.77. The van der Waals surface area contributed by atoms with E-state index in [0.717, 1.165) is 24.9 Å². The van der Waals surface area contributed by atoms with Gasteiger partial charge in [0.2, 0.25) is 0 Å². The van der Waals surface area contributed by atoms with Gasteiger partial charge in [0.1, 0.15) is 6.54 Å². The largest absolute Gasteiger partial charge is 0.341 e. The monoisotopic (exact) mass is 290 g/mol. The molecule has 21 heavy (non-hydrogen) atoms. The quantitative estimate of drug-likeness (QED) is 0.553. The molecule has 0 aliphatic carbocycles. The number of hydrogen-bond acceptors (Lipinski definition) is 4. The lowest BCUT2D eigenvalue weighted by Crippen LogP contribution is -2.41. The Bertz CT molecular complexity index is 478. The Labute approximate surface area is 125 Å². The van der Waals surface area contributed by atoms with Crippen LogP contribution in [0.2, 0.25) is 0 Å². The summed E-state index contributed by atoms with van der Waals surface area (Å²) in [5, 5.41) is 4.45. The van der Waals surface area contributed by atoms with E-state index in [0.29, 0.717) is 13.1 Å². The Morgan fingerprint density at radius 1 is 1.14 bits per heavy atom. The summed E-state index contributed by atoms with van der Waals surface area (Å²) in [4.78, 5) is 25.4. The number of benzene rings is 1. The second-order valence-corrected chi connectivity index (χ2v) is 5.05. The van der Waals surface area contributed by atoms with Crippen LogP contribution in [-0.2, 0) is 11.3 Å². The number of amides is 3. The van der Waals surface area contributed by atoms with Crippen LogP contribution in [0, 0.1) is 0 Å². The molecular weight excluding hydrogens is 268 g/mol. The molecule has 1 aliphatic rings. The van der Waals surface area contributed by atoms with Gasteiger partial charge in [-0.3, -0.25) is 9.69 Å². The molecule has 1 aliphatic heterocycles. The van der Waals surface area contributed by atoms with E-state index in [1.54, 1.807) is 0 Å². The fourth-order valence-corrected chi connectivity index (χ4v) is 2.24. The minimum Gasteiger partial charge on any atom is -0.320 e. The molecule has 0 saturated carbocycles. The number of nitrogens with one attached hydrogen (secondary N) is 2. The summed E-state index contributed by atoms with van der Waals surface area (Å²) in [7, 11) is 1.89. The molecular formula is C15H22N4O2. The molecule has 0 atom stereocenters. The molecule has 1 aromatic carbocycles. The van der Waals surface area contributed by atoms with E-state index in [-0.39, 0.29) is 18.5 Å². The van der Waals surface area contributed by atoms with Gasteiger partial charge < -0.3 is 5.32 Å². The van der Waals surface area contributed by atoms with Gasteiger partial charge in [0, 0.05) is 13.1 Å². The van der Waals surface area contributed by atoms with Crippen LogP contribution in [0.5, 0.6) is 0 Å². The third-order valence-corrected chi connectivity index (χ3v) is 3.43. The molecule has 6 heteroatoms. The van der Waals surface area contributed by atoms with Crippen molar-refractivity contribution in [3.8, 4) is 0 Å². The minimum absolute atomic E-state index is 0.109. The number of hydrogen-bond donors (Lipinski definition) is 2. The van der Waals surface area contributed by atoms with Gasteiger partial charge in [-0.25, -0.2) is 15.2 Å². The van der Waals surface area contributed by atoms with Gasteiger partial charge in [-0.05, 0) is 32.0 Å². The fraction of sp³-hybridized carbons (Fsp3) is 0.467. The van der Waals surface area contributed by atoms with E-state index in [1.807, 2.05) is 37.4 Å². The first-order valence-corrected chi connectivity index (χ1v) is 7.26. The third kappa shape index (κ3) is 4.27. The van der Waals surface area contributed by atoms with Crippen molar-refractivity contribution >= 4 is 11.9 Å². The maximum absolute atomic E-state index is 12.2. The maximum Gasteiger partial charge on any atom is 0.341 e. The summed E-state index contributed by atoms with van der Waals surface area (Å²) in [6.45, 7) is 2.03. The first-order valence-electron chi connectivity index (χ1n) is 7.26. The van der Waals surface area contributed by atoms with Gasteiger partial charge in [0.15, 0.2) is 0 Å². The van der Waals surface area contributed by atoms with Crippen LogP contribution in [0.3, 0.4) is 0 Å². The van der Waals surface area contributed by atoms with E-state index >= 15 is 0 Å². The highest BCUT2D eigenvalue weighted by molar-refractivity contribution is 6.01. The van der Waals surface area contributed by atoms with Gasteiger partial charge in [-0.1, -0.05) is 30.3 Å². The first-order chi connectivity index (χ1) is 10.2. The van der Waals surface area contributed by atoms with Gasteiger partial charge in [-0.2, -0.15) is 0 Å². The van der Waals surface area contributed by atoms with Gasteiger partial charge in [-0.15, -0.1) is 0 Å². The summed E-state index contributed by atoms with van der Waals surface area (Å²) in [5.41, 5.74) is 4.09. The average molecular weight is 290 g/mol. The van der Waals surface area contributed by atoms with E-state index in [2.05, 4.69) is 10.7 Å². The van der Waals surface area contributed by atoms with Gasteiger partial charge in [0.05, 0.1) is 0 Å². The van der Waals surface area contributed by atoms with E-state index in [4.69, 9.17) is 0 Å². The molecule has 0 aromatic heterocycles. The predicted molar refractivity (Wildman–Crippen MR) is 80.3 cm³/mol. The van der Waals surface area contributed by atoms with Crippen LogP contribution >= 0.6 is 0 Å². The summed E-state index contributed by atoms with van der Waals surface area (Å²) < 4.78 is 0. The van der Waals surface area contributed by atoms with Crippen molar-refractivity contribution in [1.29, 1.82) is 0 Å². The number of nitrogens with zero attached hydrogens (tertiary/aromatic N) is 2. The van der Waals surface area contributed by atoms with Gasteiger partial charge >= 0.3 is 6.03 Å². The molecule has 1 aromatic rings. The molecule has 0 bridgehead atoms. The van der Waals surface area contributed by atoms with Crippen molar-refractivity contribution in [2.45, 2.75) is 19.4 Å². The number of rotatable bonds is 8. The molecule has 0 unspecified atom stereocenters. The highest BCUT2D eigenvalue weighted by Gasteiger charge is 2.35. The van der Waals surface area contributed by atoms with E-state index in [9.17, 15) is 9.59 Å². The van der Waals surface area contributed by atoms with Crippen LogP contribution in [0.1, 0.15) is 18.4 Å². The molecule has 1 heterocycles. The Hall–Kier alpha value is -1.92. The normalized spacial score (nSPS) is 15.1. The Balaban J connectivity index is 1.80. The zero-order valence-corrected chi connectivity index (χ0v) is 12.3. The number of hydrazine groups is 1. The summed E-state index contributed by atoms with van der Waals surface area (Å²) in [5.74, 6) is -0.134. The molecule has 114 valence electrons. The Morgan fingerprint density at radius 2 is 1.90 bits per heavy atom. The molecule has 0 radical (unpaired) electrons. The smallest absolute Gasteiger partial charge is 0.320 e.